The molecule has 0 spiro atoms. The number of nitrogens with zero attached hydrogens (tertiary/aromatic N) is 1. The second-order valence-electron chi connectivity index (χ2n) is 6.13. The summed E-state index contributed by atoms with van der Waals surface area (Å²) in [5.41, 5.74) is -0.633. The normalized spacial score (nSPS) is 18.8. The van der Waals surface area contributed by atoms with Crippen molar-refractivity contribution in [2.75, 3.05) is 33.3 Å². The average Bonchev–Trinajstić information content (AvgIpc) is 2.43. The van der Waals surface area contributed by atoms with Crippen molar-refractivity contribution in [3.05, 3.63) is 0 Å². The summed E-state index contributed by atoms with van der Waals surface area (Å²) >= 11 is 0. The van der Waals surface area contributed by atoms with Crippen LogP contribution in [-0.4, -0.2) is 61.8 Å². The number of amides is 1. The summed E-state index contributed by atoms with van der Waals surface area (Å²) in [6.45, 7) is 12.0. The van der Waals surface area contributed by atoms with Gasteiger partial charge in [-0.25, -0.2) is 0 Å². The van der Waals surface area contributed by atoms with E-state index in [1.807, 2.05) is 0 Å². The molecular weight excluding hydrogens is 254 g/mol. The highest BCUT2D eigenvalue weighted by Crippen LogP contribution is 2.22. The largest absolute Gasteiger partial charge is 0.368 e. The van der Waals surface area contributed by atoms with E-state index in [1.54, 1.807) is 7.11 Å². The molecule has 0 aliphatic carbocycles. The van der Waals surface area contributed by atoms with Gasteiger partial charge in [-0.05, 0) is 53.6 Å². The molecule has 5 heteroatoms. The number of carbonyl (C=O) groups excluding carboxylic acids is 1. The second-order valence-corrected chi connectivity index (χ2v) is 6.13. The molecule has 1 fully saturated rings. The van der Waals surface area contributed by atoms with Crippen LogP contribution in [0.5, 0.6) is 0 Å². The van der Waals surface area contributed by atoms with E-state index >= 15 is 0 Å². The smallest absolute Gasteiger partial charge is 0.252 e. The van der Waals surface area contributed by atoms with Gasteiger partial charge >= 0.3 is 0 Å². The lowest BCUT2D eigenvalue weighted by atomic mass is 9.91. The Hall–Kier alpha value is -0.650. The van der Waals surface area contributed by atoms with Crippen molar-refractivity contribution in [1.29, 1.82) is 0 Å². The summed E-state index contributed by atoms with van der Waals surface area (Å²) in [5.74, 6) is 0.0361. The van der Waals surface area contributed by atoms with Crippen molar-refractivity contribution in [2.45, 2.75) is 58.2 Å². The van der Waals surface area contributed by atoms with Crippen LogP contribution in [-0.2, 0) is 9.53 Å². The Kier molecular flexibility index (Phi) is 6.92. The lowest BCUT2D eigenvalue weighted by molar-refractivity contribution is -0.146. The maximum atomic E-state index is 12.4. The first-order valence-corrected chi connectivity index (χ1v) is 7.73. The average molecular weight is 285 g/mol. The van der Waals surface area contributed by atoms with E-state index in [4.69, 9.17) is 4.74 Å². The molecule has 5 nitrogen and oxygen atoms in total. The maximum absolute atomic E-state index is 12.4. The Morgan fingerprint density at radius 2 is 1.80 bits per heavy atom. The van der Waals surface area contributed by atoms with E-state index in [9.17, 15) is 4.79 Å². The molecule has 0 atom stereocenters. The fraction of sp³-hybridized carbons (Fsp3) is 0.933. The summed E-state index contributed by atoms with van der Waals surface area (Å²) in [6, 6.07) is 0.976. The van der Waals surface area contributed by atoms with E-state index in [2.05, 4.69) is 43.2 Å². The molecule has 0 radical (unpaired) electrons. The zero-order valence-corrected chi connectivity index (χ0v) is 13.7. The van der Waals surface area contributed by atoms with Crippen LogP contribution in [0.3, 0.4) is 0 Å². The molecule has 20 heavy (non-hydrogen) atoms. The monoisotopic (exact) mass is 285 g/mol. The Morgan fingerprint density at radius 3 is 2.25 bits per heavy atom. The van der Waals surface area contributed by atoms with Gasteiger partial charge in [0.1, 0.15) is 5.60 Å². The molecule has 1 amide bonds. The van der Waals surface area contributed by atoms with Gasteiger partial charge < -0.3 is 15.4 Å². The van der Waals surface area contributed by atoms with E-state index < -0.39 is 5.60 Å². The van der Waals surface area contributed by atoms with Gasteiger partial charge in [-0.2, -0.15) is 0 Å². The first-order chi connectivity index (χ1) is 9.43. The summed E-state index contributed by atoms with van der Waals surface area (Å²) in [5, 5.41) is 6.32. The van der Waals surface area contributed by atoms with Crippen LogP contribution in [0.2, 0.25) is 0 Å². The molecular formula is C15H31N3O2. The van der Waals surface area contributed by atoms with Crippen molar-refractivity contribution in [2.24, 2.45) is 0 Å². The van der Waals surface area contributed by atoms with Crippen molar-refractivity contribution in [1.82, 2.24) is 15.5 Å². The van der Waals surface area contributed by atoms with E-state index in [0.717, 1.165) is 32.5 Å². The number of methoxy groups -OCH3 is 1. The van der Waals surface area contributed by atoms with Gasteiger partial charge in [0.05, 0.1) is 0 Å². The molecule has 0 saturated carbocycles. The Labute approximate surface area is 123 Å². The minimum atomic E-state index is -0.633. The highest BCUT2D eigenvalue weighted by molar-refractivity contribution is 5.85. The molecule has 0 bridgehead atoms. The minimum Gasteiger partial charge on any atom is -0.368 e. The Balaban J connectivity index is 2.45. The van der Waals surface area contributed by atoms with Crippen LogP contribution in [0.25, 0.3) is 0 Å². The van der Waals surface area contributed by atoms with Gasteiger partial charge in [0.15, 0.2) is 0 Å². The predicted octanol–water partition coefficient (Wildman–Crippen LogP) is 0.990. The molecule has 0 aromatic rings. The molecule has 1 saturated heterocycles. The molecule has 1 heterocycles. The SMILES string of the molecule is COC1(C(=O)NCCN(C(C)C)C(C)C)CCNCC1. The summed E-state index contributed by atoms with van der Waals surface area (Å²) in [4.78, 5) is 14.8. The van der Waals surface area contributed by atoms with E-state index in [1.165, 1.54) is 0 Å². The fourth-order valence-electron chi connectivity index (χ4n) is 2.93. The van der Waals surface area contributed by atoms with Crippen LogP contribution >= 0.6 is 0 Å². The van der Waals surface area contributed by atoms with Gasteiger partial charge in [0.2, 0.25) is 0 Å². The molecule has 0 unspecified atom stereocenters. The molecule has 1 rings (SSSR count). The quantitative estimate of drug-likeness (QED) is 0.732. The van der Waals surface area contributed by atoms with Crippen LogP contribution in [0, 0.1) is 0 Å². The van der Waals surface area contributed by atoms with Gasteiger partial charge in [0, 0.05) is 32.3 Å². The Morgan fingerprint density at radius 1 is 1.25 bits per heavy atom. The van der Waals surface area contributed by atoms with Crippen LogP contribution < -0.4 is 10.6 Å². The van der Waals surface area contributed by atoms with Gasteiger partial charge in [-0.15, -0.1) is 0 Å². The molecule has 1 aliphatic heterocycles. The third-order valence-corrected chi connectivity index (χ3v) is 4.20. The lowest BCUT2D eigenvalue weighted by Gasteiger charge is -2.35. The van der Waals surface area contributed by atoms with Gasteiger partial charge in [-0.1, -0.05) is 0 Å². The molecule has 1 aliphatic rings. The molecule has 2 N–H and O–H groups in total. The number of nitrogens with one attached hydrogen (secondary N) is 2. The number of carbonyl (C=O) groups is 1. The third kappa shape index (κ3) is 4.43. The van der Waals surface area contributed by atoms with Crippen LogP contribution in [0.1, 0.15) is 40.5 Å². The number of ether oxygens (including phenoxy) is 1. The van der Waals surface area contributed by atoms with Crippen molar-refractivity contribution in [3.8, 4) is 0 Å². The van der Waals surface area contributed by atoms with Crippen LogP contribution in [0.15, 0.2) is 0 Å². The molecule has 0 aromatic heterocycles. The van der Waals surface area contributed by atoms with Gasteiger partial charge in [-0.3, -0.25) is 9.69 Å². The summed E-state index contributed by atoms with van der Waals surface area (Å²) in [6.07, 6.45) is 1.49. The first-order valence-electron chi connectivity index (χ1n) is 7.73. The number of piperidine rings is 1. The number of hydrogen-bond acceptors (Lipinski definition) is 4. The fourth-order valence-corrected chi connectivity index (χ4v) is 2.93. The third-order valence-electron chi connectivity index (χ3n) is 4.20. The predicted molar refractivity (Wildman–Crippen MR) is 81.8 cm³/mol. The zero-order valence-electron chi connectivity index (χ0n) is 13.7. The number of hydrogen-bond donors (Lipinski definition) is 2. The molecule has 0 aromatic carbocycles. The summed E-state index contributed by atoms with van der Waals surface area (Å²) in [7, 11) is 1.64. The van der Waals surface area contributed by atoms with Gasteiger partial charge in [0.25, 0.3) is 5.91 Å². The second kappa shape index (κ2) is 7.96. The molecule has 118 valence electrons. The van der Waals surface area contributed by atoms with Crippen molar-refractivity contribution in [3.63, 3.8) is 0 Å². The number of rotatable bonds is 7. The summed E-state index contributed by atoms with van der Waals surface area (Å²) < 4.78 is 5.53. The van der Waals surface area contributed by atoms with Crippen LogP contribution in [0.4, 0.5) is 0 Å². The van der Waals surface area contributed by atoms with Crippen molar-refractivity contribution >= 4 is 5.91 Å². The minimum absolute atomic E-state index is 0.0361. The first kappa shape index (κ1) is 17.4. The highest BCUT2D eigenvalue weighted by Gasteiger charge is 2.39. The van der Waals surface area contributed by atoms with E-state index in [-0.39, 0.29) is 5.91 Å². The standard InChI is InChI=1S/C15H31N3O2/c1-12(2)18(13(3)4)11-10-17-14(19)15(20-5)6-8-16-9-7-15/h12-13,16H,6-11H2,1-5H3,(H,17,19). The Bertz CT molecular complexity index is 291. The van der Waals surface area contributed by atoms with Crippen molar-refractivity contribution < 1.29 is 9.53 Å². The van der Waals surface area contributed by atoms with E-state index in [0.29, 0.717) is 18.6 Å². The maximum Gasteiger partial charge on any atom is 0.252 e. The highest BCUT2D eigenvalue weighted by atomic mass is 16.5. The lowest BCUT2D eigenvalue weighted by Crippen LogP contribution is -2.55. The topological polar surface area (TPSA) is 53.6 Å². The zero-order chi connectivity index (χ0) is 15.2.